The number of likely N-dealkylation sites (tertiary alicyclic amines) is 1. The van der Waals surface area contributed by atoms with E-state index in [1.165, 1.54) is 50.9 Å². The maximum absolute atomic E-state index is 5.20. The molecule has 24 heavy (non-hydrogen) atoms. The molecule has 0 saturated carbocycles. The SMILES string of the molecule is CN=C(NCCCN1CCCCCC1)NCCc1c(C)noc1C. The molecule has 1 saturated heterocycles. The summed E-state index contributed by atoms with van der Waals surface area (Å²) in [7, 11) is 1.82. The highest BCUT2D eigenvalue weighted by Gasteiger charge is 2.09. The third-order valence-electron chi connectivity index (χ3n) is 4.71. The minimum atomic E-state index is 0.828. The molecular formula is C18H33N5O. The average molecular weight is 335 g/mol. The van der Waals surface area contributed by atoms with E-state index >= 15 is 0 Å². The van der Waals surface area contributed by atoms with Crippen molar-refractivity contribution in [1.29, 1.82) is 0 Å². The number of aliphatic imine (C=N–C) groups is 1. The van der Waals surface area contributed by atoms with E-state index in [2.05, 4.69) is 25.7 Å². The van der Waals surface area contributed by atoms with Crippen LogP contribution in [0.5, 0.6) is 0 Å². The first kappa shape index (κ1) is 18.8. The second-order valence-corrected chi connectivity index (χ2v) is 6.59. The first-order chi connectivity index (χ1) is 11.7. The van der Waals surface area contributed by atoms with Crippen LogP contribution in [0.25, 0.3) is 0 Å². The van der Waals surface area contributed by atoms with Gasteiger partial charge in [-0.3, -0.25) is 4.99 Å². The van der Waals surface area contributed by atoms with Crippen LogP contribution in [-0.4, -0.2) is 55.8 Å². The van der Waals surface area contributed by atoms with E-state index in [4.69, 9.17) is 4.52 Å². The van der Waals surface area contributed by atoms with Crippen molar-refractivity contribution in [3.05, 3.63) is 17.0 Å². The summed E-state index contributed by atoms with van der Waals surface area (Å²) in [5.41, 5.74) is 2.17. The molecule has 0 spiro atoms. The van der Waals surface area contributed by atoms with Crippen molar-refractivity contribution in [2.45, 2.75) is 52.4 Å². The highest BCUT2D eigenvalue weighted by molar-refractivity contribution is 5.79. The van der Waals surface area contributed by atoms with Gasteiger partial charge in [0.25, 0.3) is 0 Å². The van der Waals surface area contributed by atoms with Crippen molar-refractivity contribution in [1.82, 2.24) is 20.7 Å². The minimum Gasteiger partial charge on any atom is -0.361 e. The second kappa shape index (κ2) is 10.3. The summed E-state index contributed by atoms with van der Waals surface area (Å²) in [4.78, 5) is 6.89. The summed E-state index contributed by atoms with van der Waals surface area (Å²) < 4.78 is 5.20. The zero-order valence-corrected chi connectivity index (χ0v) is 15.5. The fraction of sp³-hybridized carbons (Fsp3) is 0.778. The molecule has 0 amide bonds. The maximum atomic E-state index is 5.20. The van der Waals surface area contributed by atoms with Crippen molar-refractivity contribution in [2.24, 2.45) is 4.99 Å². The van der Waals surface area contributed by atoms with Crippen molar-refractivity contribution in [3.8, 4) is 0 Å². The first-order valence-corrected chi connectivity index (χ1v) is 9.29. The lowest BCUT2D eigenvalue weighted by Gasteiger charge is -2.20. The lowest BCUT2D eigenvalue weighted by Crippen LogP contribution is -2.39. The zero-order valence-electron chi connectivity index (χ0n) is 15.5. The molecule has 2 heterocycles. The number of aromatic nitrogens is 1. The van der Waals surface area contributed by atoms with Crippen LogP contribution < -0.4 is 10.6 Å². The van der Waals surface area contributed by atoms with E-state index in [1.807, 2.05) is 20.9 Å². The Hall–Kier alpha value is -1.56. The van der Waals surface area contributed by atoms with Crippen LogP contribution in [0.2, 0.25) is 0 Å². The zero-order chi connectivity index (χ0) is 17.2. The monoisotopic (exact) mass is 335 g/mol. The standard InChI is InChI=1S/C18H33N5O/c1-15-17(16(2)24-22-15)9-11-21-18(19-3)20-10-8-14-23-12-6-4-5-7-13-23/h4-14H2,1-3H3,(H2,19,20,21). The molecule has 0 unspecified atom stereocenters. The highest BCUT2D eigenvalue weighted by Crippen LogP contribution is 2.12. The van der Waals surface area contributed by atoms with Gasteiger partial charge in [0.05, 0.1) is 5.69 Å². The molecule has 1 aliphatic rings. The molecule has 6 heteroatoms. The molecule has 0 radical (unpaired) electrons. The molecular weight excluding hydrogens is 302 g/mol. The Morgan fingerprint density at radius 3 is 2.46 bits per heavy atom. The Morgan fingerprint density at radius 2 is 1.83 bits per heavy atom. The van der Waals surface area contributed by atoms with Crippen LogP contribution in [0, 0.1) is 13.8 Å². The number of guanidine groups is 1. The molecule has 2 N–H and O–H groups in total. The minimum absolute atomic E-state index is 0.828. The average Bonchev–Trinajstić information content (AvgIpc) is 2.80. The number of hydrogen-bond donors (Lipinski definition) is 2. The summed E-state index contributed by atoms with van der Waals surface area (Å²) in [5.74, 6) is 1.78. The summed E-state index contributed by atoms with van der Waals surface area (Å²) in [5, 5.41) is 10.8. The molecule has 0 atom stereocenters. The Kier molecular flexibility index (Phi) is 8.08. The van der Waals surface area contributed by atoms with Gasteiger partial charge in [0, 0.05) is 25.7 Å². The van der Waals surface area contributed by atoms with E-state index < -0.39 is 0 Å². The van der Waals surface area contributed by atoms with Gasteiger partial charge in [0.15, 0.2) is 5.96 Å². The van der Waals surface area contributed by atoms with Gasteiger partial charge in [-0.25, -0.2) is 0 Å². The predicted octanol–water partition coefficient (Wildman–Crippen LogP) is 2.27. The molecule has 0 bridgehead atoms. The number of nitrogens with one attached hydrogen (secondary N) is 2. The summed E-state index contributed by atoms with van der Waals surface area (Å²) in [6.45, 7) is 9.46. The van der Waals surface area contributed by atoms with E-state index in [9.17, 15) is 0 Å². The molecule has 0 aromatic carbocycles. The highest BCUT2D eigenvalue weighted by atomic mass is 16.5. The number of hydrogen-bond acceptors (Lipinski definition) is 4. The van der Waals surface area contributed by atoms with Crippen LogP contribution in [0.4, 0.5) is 0 Å². The lowest BCUT2D eigenvalue weighted by atomic mass is 10.1. The van der Waals surface area contributed by atoms with Crippen LogP contribution >= 0.6 is 0 Å². The molecule has 1 aliphatic heterocycles. The number of rotatable bonds is 7. The topological polar surface area (TPSA) is 65.7 Å². The van der Waals surface area contributed by atoms with Gasteiger partial charge < -0.3 is 20.1 Å². The molecule has 0 aliphatic carbocycles. The fourth-order valence-corrected chi connectivity index (χ4v) is 3.25. The summed E-state index contributed by atoms with van der Waals surface area (Å²) in [6, 6.07) is 0. The molecule has 1 aromatic rings. The largest absolute Gasteiger partial charge is 0.361 e. The van der Waals surface area contributed by atoms with Crippen molar-refractivity contribution >= 4 is 5.96 Å². The first-order valence-electron chi connectivity index (χ1n) is 9.29. The van der Waals surface area contributed by atoms with Gasteiger partial charge in [-0.2, -0.15) is 0 Å². The normalized spacial score (nSPS) is 16.9. The van der Waals surface area contributed by atoms with Gasteiger partial charge in [-0.05, 0) is 59.2 Å². The molecule has 2 rings (SSSR count). The Labute approximate surface area is 146 Å². The van der Waals surface area contributed by atoms with Gasteiger partial charge in [0.1, 0.15) is 5.76 Å². The van der Waals surface area contributed by atoms with E-state index in [1.54, 1.807) is 0 Å². The van der Waals surface area contributed by atoms with Gasteiger partial charge >= 0.3 is 0 Å². The smallest absolute Gasteiger partial charge is 0.190 e. The predicted molar refractivity (Wildman–Crippen MR) is 98.6 cm³/mol. The van der Waals surface area contributed by atoms with Gasteiger partial charge in [-0.15, -0.1) is 0 Å². The van der Waals surface area contributed by atoms with Crippen LogP contribution in [0.15, 0.2) is 9.52 Å². The lowest BCUT2D eigenvalue weighted by molar-refractivity contribution is 0.282. The number of aryl methyl sites for hydroxylation is 2. The molecule has 6 nitrogen and oxygen atoms in total. The van der Waals surface area contributed by atoms with E-state index in [0.29, 0.717) is 0 Å². The summed E-state index contributed by atoms with van der Waals surface area (Å²) >= 11 is 0. The van der Waals surface area contributed by atoms with Crippen molar-refractivity contribution in [2.75, 3.05) is 39.8 Å². The van der Waals surface area contributed by atoms with Crippen LogP contribution in [0.1, 0.15) is 49.1 Å². The van der Waals surface area contributed by atoms with Gasteiger partial charge in [-0.1, -0.05) is 18.0 Å². The molecule has 136 valence electrons. The number of nitrogens with zero attached hydrogens (tertiary/aromatic N) is 3. The summed E-state index contributed by atoms with van der Waals surface area (Å²) in [6.07, 6.45) is 7.57. The van der Waals surface area contributed by atoms with E-state index in [0.717, 1.165) is 43.3 Å². The maximum Gasteiger partial charge on any atom is 0.190 e. The van der Waals surface area contributed by atoms with Crippen LogP contribution in [0.3, 0.4) is 0 Å². The van der Waals surface area contributed by atoms with Gasteiger partial charge in [0.2, 0.25) is 0 Å². The third-order valence-corrected chi connectivity index (χ3v) is 4.71. The quantitative estimate of drug-likeness (QED) is 0.455. The Balaban J connectivity index is 1.60. The van der Waals surface area contributed by atoms with Crippen LogP contribution in [-0.2, 0) is 6.42 Å². The third kappa shape index (κ3) is 6.15. The Morgan fingerprint density at radius 1 is 1.12 bits per heavy atom. The van der Waals surface area contributed by atoms with E-state index in [-0.39, 0.29) is 0 Å². The Bertz CT molecular complexity index is 484. The molecule has 1 fully saturated rings. The van der Waals surface area contributed by atoms with Crippen molar-refractivity contribution in [3.63, 3.8) is 0 Å². The van der Waals surface area contributed by atoms with Crippen molar-refractivity contribution < 1.29 is 4.52 Å². The second-order valence-electron chi connectivity index (χ2n) is 6.59. The molecule has 1 aromatic heterocycles. The fourth-order valence-electron chi connectivity index (χ4n) is 3.25.